The van der Waals surface area contributed by atoms with E-state index in [0.29, 0.717) is 11.7 Å². The number of hydrogen-bond donors (Lipinski definition) is 0. The number of esters is 1. The Morgan fingerprint density at radius 1 is 1.60 bits per heavy atom. The van der Waals surface area contributed by atoms with Crippen LogP contribution in [0, 0.1) is 0 Å². The van der Waals surface area contributed by atoms with Gasteiger partial charge in [0.25, 0.3) is 5.56 Å². The predicted molar refractivity (Wildman–Crippen MR) is 52.8 cm³/mol. The average molecular weight is 208 g/mol. The lowest BCUT2D eigenvalue weighted by molar-refractivity contribution is 0.0593. The maximum absolute atomic E-state index is 11.5. The van der Waals surface area contributed by atoms with Gasteiger partial charge in [-0.15, -0.1) is 0 Å². The lowest BCUT2D eigenvalue weighted by Crippen LogP contribution is -2.24. The Morgan fingerprint density at radius 2 is 2.27 bits per heavy atom. The summed E-state index contributed by atoms with van der Waals surface area (Å²) in [7, 11) is 2.95. The second-order valence-electron chi connectivity index (χ2n) is 3.66. The first-order valence-electron chi connectivity index (χ1n) is 4.79. The van der Waals surface area contributed by atoms with Crippen LogP contribution in [0.4, 0.5) is 0 Å². The molecule has 80 valence electrons. The molecule has 0 amide bonds. The first-order valence-corrected chi connectivity index (χ1v) is 4.79. The molecule has 1 saturated carbocycles. The zero-order valence-corrected chi connectivity index (χ0v) is 8.69. The molecular formula is C10H12N2O3. The Morgan fingerprint density at radius 3 is 2.80 bits per heavy atom. The van der Waals surface area contributed by atoms with Crippen molar-refractivity contribution in [3.63, 3.8) is 0 Å². The maximum atomic E-state index is 11.5. The van der Waals surface area contributed by atoms with Crippen molar-refractivity contribution < 1.29 is 9.53 Å². The topological polar surface area (TPSA) is 61.2 Å². The van der Waals surface area contributed by atoms with Gasteiger partial charge in [-0.2, -0.15) is 0 Å². The number of carbonyl (C=O) groups is 1. The predicted octanol–water partition coefficient (Wildman–Crippen LogP) is 0.444. The van der Waals surface area contributed by atoms with Crippen LogP contribution >= 0.6 is 0 Å². The van der Waals surface area contributed by atoms with Crippen LogP contribution in [-0.4, -0.2) is 22.6 Å². The van der Waals surface area contributed by atoms with Gasteiger partial charge in [0.2, 0.25) is 0 Å². The first-order chi connectivity index (χ1) is 7.13. The highest BCUT2D eigenvalue weighted by Gasteiger charge is 2.28. The van der Waals surface area contributed by atoms with Crippen molar-refractivity contribution in [3.8, 4) is 0 Å². The van der Waals surface area contributed by atoms with E-state index in [0.717, 1.165) is 12.8 Å². The van der Waals surface area contributed by atoms with Gasteiger partial charge in [-0.3, -0.25) is 9.36 Å². The SMILES string of the molecule is COC(=O)c1cc(=O)n(C)c(C2CC2)n1. The van der Waals surface area contributed by atoms with Crippen LogP contribution in [0.15, 0.2) is 10.9 Å². The van der Waals surface area contributed by atoms with Crippen molar-refractivity contribution in [3.05, 3.63) is 27.9 Å². The van der Waals surface area contributed by atoms with E-state index in [9.17, 15) is 9.59 Å². The summed E-state index contributed by atoms with van der Waals surface area (Å²) in [6, 6.07) is 1.21. The average Bonchev–Trinajstić information content (AvgIpc) is 3.04. The van der Waals surface area contributed by atoms with Crippen LogP contribution in [0.2, 0.25) is 0 Å². The van der Waals surface area contributed by atoms with E-state index in [1.165, 1.54) is 17.7 Å². The summed E-state index contributed by atoms with van der Waals surface area (Å²) in [5.41, 5.74) is -0.116. The minimum atomic E-state index is -0.561. The molecule has 5 nitrogen and oxygen atoms in total. The van der Waals surface area contributed by atoms with Gasteiger partial charge in [-0.1, -0.05) is 0 Å². The van der Waals surface area contributed by atoms with Gasteiger partial charge in [0, 0.05) is 19.0 Å². The van der Waals surface area contributed by atoms with Crippen LogP contribution in [0.1, 0.15) is 35.1 Å². The van der Waals surface area contributed by atoms with Gasteiger partial charge in [0.1, 0.15) is 5.82 Å². The van der Waals surface area contributed by atoms with Crippen molar-refractivity contribution in [1.29, 1.82) is 0 Å². The van der Waals surface area contributed by atoms with Crippen LogP contribution in [0.5, 0.6) is 0 Å². The molecule has 1 aromatic rings. The van der Waals surface area contributed by atoms with Crippen molar-refractivity contribution in [2.45, 2.75) is 18.8 Å². The normalized spacial score (nSPS) is 15.1. The molecule has 1 heterocycles. The molecule has 0 unspecified atom stereocenters. The Labute approximate surface area is 86.7 Å². The summed E-state index contributed by atoms with van der Waals surface area (Å²) in [6.45, 7) is 0. The van der Waals surface area contributed by atoms with E-state index < -0.39 is 5.97 Å². The van der Waals surface area contributed by atoms with Crippen molar-refractivity contribution in [2.75, 3.05) is 7.11 Å². The number of aromatic nitrogens is 2. The molecule has 1 fully saturated rings. The number of nitrogens with zero attached hydrogens (tertiary/aromatic N) is 2. The molecule has 0 saturated heterocycles. The van der Waals surface area contributed by atoms with Gasteiger partial charge in [0.15, 0.2) is 5.69 Å². The third-order valence-corrected chi connectivity index (χ3v) is 2.51. The van der Waals surface area contributed by atoms with E-state index >= 15 is 0 Å². The standard InChI is InChI=1S/C10H12N2O3/c1-12-8(13)5-7(10(14)15-2)11-9(12)6-3-4-6/h5-6H,3-4H2,1-2H3. The summed E-state index contributed by atoms with van der Waals surface area (Å²) in [6.07, 6.45) is 2.07. The molecule has 0 radical (unpaired) electrons. The first kappa shape index (κ1) is 9.89. The molecule has 15 heavy (non-hydrogen) atoms. The fourth-order valence-electron chi connectivity index (χ4n) is 1.47. The van der Waals surface area contributed by atoms with E-state index in [2.05, 4.69) is 9.72 Å². The molecular weight excluding hydrogens is 196 g/mol. The van der Waals surface area contributed by atoms with Crippen molar-refractivity contribution >= 4 is 5.97 Å². The molecule has 0 bridgehead atoms. The van der Waals surface area contributed by atoms with Crippen LogP contribution < -0.4 is 5.56 Å². The summed E-state index contributed by atoms with van der Waals surface area (Å²) in [5, 5.41) is 0. The fourth-order valence-corrected chi connectivity index (χ4v) is 1.47. The van der Waals surface area contributed by atoms with Crippen LogP contribution in [0.25, 0.3) is 0 Å². The van der Waals surface area contributed by atoms with Crippen molar-refractivity contribution in [2.24, 2.45) is 7.05 Å². The summed E-state index contributed by atoms with van der Waals surface area (Å²) >= 11 is 0. The largest absolute Gasteiger partial charge is 0.464 e. The van der Waals surface area contributed by atoms with Crippen LogP contribution in [-0.2, 0) is 11.8 Å². The highest BCUT2D eigenvalue weighted by molar-refractivity contribution is 5.86. The van der Waals surface area contributed by atoms with E-state index in [-0.39, 0.29) is 11.3 Å². The quantitative estimate of drug-likeness (QED) is 0.662. The Kier molecular flexibility index (Phi) is 2.30. The Hall–Kier alpha value is -1.65. The van der Waals surface area contributed by atoms with Crippen molar-refractivity contribution in [1.82, 2.24) is 9.55 Å². The Bertz CT molecular complexity index is 460. The third kappa shape index (κ3) is 1.77. The van der Waals surface area contributed by atoms with Gasteiger partial charge in [-0.25, -0.2) is 9.78 Å². The summed E-state index contributed by atoms with van der Waals surface area (Å²) in [4.78, 5) is 26.9. The molecule has 0 atom stereocenters. The highest BCUT2D eigenvalue weighted by Crippen LogP contribution is 2.38. The molecule has 1 aliphatic carbocycles. The van der Waals surface area contributed by atoms with E-state index in [1.807, 2.05) is 0 Å². The van der Waals surface area contributed by atoms with Gasteiger partial charge < -0.3 is 4.74 Å². The maximum Gasteiger partial charge on any atom is 0.356 e. The zero-order chi connectivity index (χ0) is 11.0. The molecule has 2 rings (SSSR count). The molecule has 1 aromatic heterocycles. The second kappa shape index (κ2) is 3.49. The number of ether oxygens (including phenoxy) is 1. The molecule has 0 N–H and O–H groups in total. The molecule has 0 aromatic carbocycles. The fraction of sp³-hybridized carbons (Fsp3) is 0.500. The monoisotopic (exact) mass is 208 g/mol. The number of carbonyl (C=O) groups excluding carboxylic acids is 1. The van der Waals surface area contributed by atoms with Gasteiger partial charge in [0.05, 0.1) is 7.11 Å². The number of rotatable bonds is 2. The smallest absolute Gasteiger partial charge is 0.356 e. The van der Waals surface area contributed by atoms with Gasteiger partial charge >= 0.3 is 5.97 Å². The zero-order valence-electron chi connectivity index (χ0n) is 8.69. The van der Waals surface area contributed by atoms with E-state index in [4.69, 9.17) is 0 Å². The van der Waals surface area contributed by atoms with Crippen LogP contribution in [0.3, 0.4) is 0 Å². The Balaban J connectivity index is 2.50. The number of methoxy groups -OCH3 is 1. The third-order valence-electron chi connectivity index (χ3n) is 2.51. The minimum Gasteiger partial charge on any atom is -0.464 e. The van der Waals surface area contributed by atoms with Gasteiger partial charge in [-0.05, 0) is 12.8 Å². The van der Waals surface area contributed by atoms with E-state index in [1.54, 1.807) is 7.05 Å². The summed E-state index contributed by atoms with van der Waals surface area (Å²) in [5.74, 6) is 0.449. The summed E-state index contributed by atoms with van der Waals surface area (Å²) < 4.78 is 6.03. The molecule has 0 spiro atoms. The molecule has 1 aliphatic rings. The lowest BCUT2D eigenvalue weighted by atomic mass is 10.3. The number of hydrogen-bond acceptors (Lipinski definition) is 4. The molecule has 5 heteroatoms. The highest BCUT2D eigenvalue weighted by atomic mass is 16.5. The second-order valence-corrected chi connectivity index (χ2v) is 3.66. The minimum absolute atomic E-state index is 0.0995. The lowest BCUT2D eigenvalue weighted by Gasteiger charge is -2.06. The molecule has 0 aliphatic heterocycles.